The minimum absolute atomic E-state index is 0.283. The number of hydrogen-bond donors (Lipinski definition) is 0. The smallest absolute Gasteiger partial charge is 0.233 e. The Bertz CT molecular complexity index is 366. The third kappa shape index (κ3) is 3.50. The number of hydrogen-bond acceptors (Lipinski definition) is 2. The zero-order valence-corrected chi connectivity index (χ0v) is 11.1. The molecule has 2 nitrogen and oxygen atoms in total. The van der Waals surface area contributed by atoms with E-state index < -0.39 is 0 Å². The van der Waals surface area contributed by atoms with Crippen LogP contribution in [0, 0.1) is 0 Å². The molecule has 0 bridgehead atoms. The first-order valence-corrected chi connectivity index (χ1v) is 7.23. The van der Waals surface area contributed by atoms with Crippen molar-refractivity contribution >= 4 is 17.7 Å². The van der Waals surface area contributed by atoms with E-state index >= 15 is 0 Å². The molecule has 0 spiro atoms. The van der Waals surface area contributed by atoms with Crippen molar-refractivity contribution in [2.24, 2.45) is 0 Å². The van der Waals surface area contributed by atoms with Crippen LogP contribution in [0.5, 0.6) is 0 Å². The predicted octanol–water partition coefficient (Wildman–Crippen LogP) is 3.18. The third-order valence-corrected chi connectivity index (χ3v) is 4.23. The fraction of sp³-hybridized carbons (Fsp3) is 0.500. The topological polar surface area (TPSA) is 20.3 Å². The molecule has 1 saturated heterocycles. The van der Waals surface area contributed by atoms with Gasteiger partial charge in [-0.15, -0.1) is 11.8 Å². The molecule has 92 valence electrons. The van der Waals surface area contributed by atoms with Crippen molar-refractivity contribution in [3.05, 3.63) is 30.3 Å². The van der Waals surface area contributed by atoms with Gasteiger partial charge in [-0.25, -0.2) is 0 Å². The van der Waals surface area contributed by atoms with Crippen molar-refractivity contribution in [3.63, 3.8) is 0 Å². The Labute approximate surface area is 107 Å². The van der Waals surface area contributed by atoms with Crippen molar-refractivity contribution in [2.45, 2.75) is 37.1 Å². The van der Waals surface area contributed by atoms with E-state index in [0.29, 0.717) is 11.8 Å². The summed E-state index contributed by atoms with van der Waals surface area (Å²) in [6, 6.07) is 10.5. The number of carbonyl (C=O) groups excluding carboxylic acids is 1. The van der Waals surface area contributed by atoms with Crippen molar-refractivity contribution in [1.29, 1.82) is 0 Å². The van der Waals surface area contributed by atoms with Crippen LogP contribution in [0.2, 0.25) is 0 Å². The Morgan fingerprint density at radius 1 is 1.35 bits per heavy atom. The molecule has 1 atom stereocenters. The lowest BCUT2D eigenvalue weighted by molar-refractivity contribution is -0.131. The first-order chi connectivity index (χ1) is 8.27. The van der Waals surface area contributed by atoms with Crippen LogP contribution in [0.25, 0.3) is 0 Å². The zero-order chi connectivity index (χ0) is 12.1. The summed E-state index contributed by atoms with van der Waals surface area (Å²) in [6.45, 7) is 3.10. The zero-order valence-electron chi connectivity index (χ0n) is 10.3. The lowest BCUT2D eigenvalue weighted by atomic mass is 10.0. The summed E-state index contributed by atoms with van der Waals surface area (Å²) in [5.41, 5.74) is 0. The van der Waals surface area contributed by atoms with Gasteiger partial charge in [0, 0.05) is 17.5 Å². The van der Waals surface area contributed by atoms with E-state index in [9.17, 15) is 4.79 Å². The van der Waals surface area contributed by atoms with E-state index in [0.717, 1.165) is 19.4 Å². The van der Waals surface area contributed by atoms with Crippen LogP contribution in [-0.4, -0.2) is 29.1 Å². The van der Waals surface area contributed by atoms with Crippen LogP contribution in [0.15, 0.2) is 35.2 Å². The monoisotopic (exact) mass is 249 g/mol. The Kier molecular flexibility index (Phi) is 4.49. The Balaban J connectivity index is 1.84. The molecule has 1 aliphatic rings. The van der Waals surface area contributed by atoms with E-state index in [2.05, 4.69) is 19.1 Å². The van der Waals surface area contributed by atoms with Gasteiger partial charge in [-0.1, -0.05) is 18.2 Å². The van der Waals surface area contributed by atoms with Crippen molar-refractivity contribution in [2.75, 3.05) is 12.3 Å². The van der Waals surface area contributed by atoms with Crippen LogP contribution in [0.4, 0.5) is 0 Å². The highest BCUT2D eigenvalue weighted by molar-refractivity contribution is 8.00. The van der Waals surface area contributed by atoms with E-state index in [1.165, 1.54) is 11.3 Å². The average Bonchev–Trinajstić information content (AvgIpc) is 2.38. The molecule has 0 saturated carbocycles. The standard InChI is InChI=1S/C14H19NOS/c1-12-7-5-6-10-15(12)14(16)11-17-13-8-3-2-4-9-13/h2-4,8-9,12H,5-7,10-11H2,1H3. The SMILES string of the molecule is CC1CCCCN1C(=O)CSc1ccccc1. The predicted molar refractivity (Wildman–Crippen MR) is 72.2 cm³/mol. The number of amides is 1. The number of thioether (sulfide) groups is 1. The van der Waals surface area contributed by atoms with Crippen LogP contribution < -0.4 is 0 Å². The summed E-state index contributed by atoms with van der Waals surface area (Å²) < 4.78 is 0. The summed E-state index contributed by atoms with van der Waals surface area (Å²) in [5.74, 6) is 0.847. The van der Waals surface area contributed by atoms with Crippen molar-refractivity contribution in [1.82, 2.24) is 4.90 Å². The molecular weight excluding hydrogens is 230 g/mol. The number of carbonyl (C=O) groups is 1. The second kappa shape index (κ2) is 6.10. The van der Waals surface area contributed by atoms with E-state index in [-0.39, 0.29) is 5.91 Å². The maximum absolute atomic E-state index is 12.1. The normalized spacial score (nSPS) is 20.3. The molecule has 17 heavy (non-hydrogen) atoms. The van der Waals surface area contributed by atoms with Gasteiger partial charge in [0.05, 0.1) is 5.75 Å². The van der Waals surface area contributed by atoms with Gasteiger partial charge in [-0.3, -0.25) is 4.79 Å². The molecule has 1 aromatic rings. The van der Waals surface area contributed by atoms with Gasteiger partial charge in [0.1, 0.15) is 0 Å². The molecule has 1 fully saturated rings. The molecule has 1 aromatic carbocycles. The molecule has 3 heteroatoms. The molecule has 0 aliphatic carbocycles. The fourth-order valence-corrected chi connectivity index (χ4v) is 3.02. The van der Waals surface area contributed by atoms with E-state index in [4.69, 9.17) is 0 Å². The summed E-state index contributed by atoms with van der Waals surface area (Å²) in [5, 5.41) is 0. The van der Waals surface area contributed by atoms with Crippen LogP contribution >= 0.6 is 11.8 Å². The first-order valence-electron chi connectivity index (χ1n) is 6.24. The molecule has 1 amide bonds. The lowest BCUT2D eigenvalue weighted by Gasteiger charge is -2.33. The summed E-state index contributed by atoms with van der Waals surface area (Å²) >= 11 is 1.63. The average molecular weight is 249 g/mol. The minimum Gasteiger partial charge on any atom is -0.339 e. The number of benzene rings is 1. The van der Waals surface area contributed by atoms with Crippen molar-refractivity contribution in [3.8, 4) is 0 Å². The molecule has 2 rings (SSSR count). The lowest BCUT2D eigenvalue weighted by Crippen LogP contribution is -2.42. The maximum atomic E-state index is 12.1. The fourth-order valence-electron chi connectivity index (χ4n) is 2.21. The molecule has 0 N–H and O–H groups in total. The molecule has 0 radical (unpaired) electrons. The quantitative estimate of drug-likeness (QED) is 0.767. The molecule has 1 aliphatic heterocycles. The van der Waals surface area contributed by atoms with Crippen LogP contribution in [0.3, 0.4) is 0 Å². The van der Waals surface area contributed by atoms with Gasteiger partial charge in [0.25, 0.3) is 0 Å². The largest absolute Gasteiger partial charge is 0.339 e. The van der Waals surface area contributed by atoms with Gasteiger partial charge >= 0.3 is 0 Å². The summed E-state index contributed by atoms with van der Waals surface area (Å²) in [6.07, 6.45) is 3.57. The number of likely N-dealkylation sites (tertiary alicyclic amines) is 1. The summed E-state index contributed by atoms with van der Waals surface area (Å²) in [4.78, 5) is 15.3. The van der Waals surface area contributed by atoms with Crippen LogP contribution in [-0.2, 0) is 4.79 Å². The van der Waals surface area contributed by atoms with Crippen LogP contribution in [0.1, 0.15) is 26.2 Å². The highest BCUT2D eigenvalue weighted by atomic mass is 32.2. The van der Waals surface area contributed by atoms with E-state index in [1.54, 1.807) is 11.8 Å². The number of piperidine rings is 1. The highest BCUT2D eigenvalue weighted by Gasteiger charge is 2.22. The second-order valence-electron chi connectivity index (χ2n) is 4.53. The Morgan fingerprint density at radius 2 is 2.12 bits per heavy atom. The van der Waals surface area contributed by atoms with Gasteiger partial charge in [0.2, 0.25) is 5.91 Å². The number of rotatable bonds is 3. The maximum Gasteiger partial charge on any atom is 0.233 e. The van der Waals surface area contributed by atoms with Gasteiger partial charge in [0.15, 0.2) is 0 Å². The Morgan fingerprint density at radius 3 is 2.82 bits per heavy atom. The minimum atomic E-state index is 0.283. The highest BCUT2D eigenvalue weighted by Crippen LogP contribution is 2.21. The first kappa shape index (κ1) is 12.5. The molecular formula is C14H19NOS. The molecule has 1 unspecified atom stereocenters. The van der Waals surface area contributed by atoms with Gasteiger partial charge in [-0.05, 0) is 38.3 Å². The molecule has 1 heterocycles. The second-order valence-corrected chi connectivity index (χ2v) is 5.58. The number of nitrogens with zero attached hydrogens (tertiary/aromatic N) is 1. The van der Waals surface area contributed by atoms with Gasteiger partial charge in [-0.2, -0.15) is 0 Å². The molecule has 0 aromatic heterocycles. The van der Waals surface area contributed by atoms with Crippen molar-refractivity contribution < 1.29 is 4.79 Å². The third-order valence-electron chi connectivity index (χ3n) is 3.23. The van der Waals surface area contributed by atoms with E-state index in [1.807, 2.05) is 23.1 Å². The Hall–Kier alpha value is -0.960. The summed E-state index contributed by atoms with van der Waals surface area (Å²) in [7, 11) is 0. The van der Waals surface area contributed by atoms with Gasteiger partial charge < -0.3 is 4.90 Å².